The van der Waals surface area contributed by atoms with Crippen LogP contribution in [0.2, 0.25) is 0 Å². The number of rotatable bonds is 7. The van der Waals surface area contributed by atoms with Gasteiger partial charge in [-0.1, -0.05) is 12.1 Å². The SMILES string of the molecule is O=C(O)c1ccc(CS(=O)(=O)NCC2(CO)CC2)cc1. The van der Waals surface area contributed by atoms with Crippen molar-refractivity contribution in [1.29, 1.82) is 0 Å². The number of carboxylic acid groups (broad SMARTS) is 1. The van der Waals surface area contributed by atoms with Gasteiger partial charge in [0, 0.05) is 18.6 Å². The lowest BCUT2D eigenvalue weighted by Gasteiger charge is -2.13. The van der Waals surface area contributed by atoms with Gasteiger partial charge in [0.25, 0.3) is 0 Å². The zero-order chi connectivity index (χ0) is 14.8. The summed E-state index contributed by atoms with van der Waals surface area (Å²) in [5.74, 6) is -1.25. The predicted octanol–water partition coefficient (Wildman–Crippen LogP) is 0.577. The molecule has 0 saturated heterocycles. The van der Waals surface area contributed by atoms with Crippen LogP contribution in [-0.4, -0.2) is 37.8 Å². The molecule has 0 heterocycles. The van der Waals surface area contributed by atoms with Gasteiger partial charge in [-0.25, -0.2) is 17.9 Å². The molecule has 0 aromatic heterocycles. The maximum atomic E-state index is 11.9. The zero-order valence-corrected chi connectivity index (χ0v) is 11.7. The van der Waals surface area contributed by atoms with Gasteiger partial charge in [0.2, 0.25) is 10.0 Å². The fourth-order valence-corrected chi connectivity index (χ4v) is 3.10. The molecule has 1 aromatic carbocycles. The van der Waals surface area contributed by atoms with Gasteiger partial charge < -0.3 is 10.2 Å². The van der Waals surface area contributed by atoms with Gasteiger partial charge in [-0.15, -0.1) is 0 Å². The molecule has 0 unspecified atom stereocenters. The second kappa shape index (κ2) is 5.51. The summed E-state index contributed by atoms with van der Waals surface area (Å²) >= 11 is 0. The highest BCUT2D eigenvalue weighted by molar-refractivity contribution is 7.88. The van der Waals surface area contributed by atoms with Gasteiger partial charge in [-0.05, 0) is 30.5 Å². The van der Waals surface area contributed by atoms with Crippen LogP contribution in [0.1, 0.15) is 28.8 Å². The van der Waals surface area contributed by atoms with Crippen molar-refractivity contribution in [3.63, 3.8) is 0 Å². The number of nitrogens with one attached hydrogen (secondary N) is 1. The standard InChI is InChI=1S/C13H17NO5S/c15-9-13(5-6-13)8-14-20(18,19)7-10-1-3-11(4-2-10)12(16)17/h1-4,14-15H,5-9H2,(H,16,17). The lowest BCUT2D eigenvalue weighted by atomic mass is 10.1. The maximum absolute atomic E-state index is 11.9. The molecule has 1 aliphatic carbocycles. The third kappa shape index (κ3) is 3.78. The van der Waals surface area contributed by atoms with Crippen molar-refractivity contribution in [2.24, 2.45) is 5.41 Å². The molecule has 0 radical (unpaired) electrons. The Bertz CT molecular complexity index is 590. The van der Waals surface area contributed by atoms with Crippen molar-refractivity contribution < 1.29 is 23.4 Å². The molecule has 0 bridgehead atoms. The van der Waals surface area contributed by atoms with Gasteiger partial charge in [0.15, 0.2) is 0 Å². The Hall–Kier alpha value is -1.44. The van der Waals surface area contributed by atoms with E-state index in [2.05, 4.69) is 4.72 Å². The van der Waals surface area contributed by atoms with E-state index in [1.807, 2.05) is 0 Å². The molecule has 1 aromatic rings. The summed E-state index contributed by atoms with van der Waals surface area (Å²) in [6.07, 6.45) is 1.67. The van der Waals surface area contributed by atoms with E-state index in [4.69, 9.17) is 10.2 Å². The van der Waals surface area contributed by atoms with E-state index in [-0.39, 0.29) is 29.9 Å². The summed E-state index contributed by atoms with van der Waals surface area (Å²) in [4.78, 5) is 10.7. The van der Waals surface area contributed by atoms with Crippen LogP contribution in [0, 0.1) is 5.41 Å². The van der Waals surface area contributed by atoms with E-state index in [9.17, 15) is 13.2 Å². The first-order chi connectivity index (χ1) is 9.36. The quantitative estimate of drug-likeness (QED) is 0.683. The van der Waals surface area contributed by atoms with Gasteiger partial charge in [-0.2, -0.15) is 0 Å². The average Bonchev–Trinajstić information content (AvgIpc) is 3.17. The van der Waals surface area contributed by atoms with Gasteiger partial charge in [-0.3, -0.25) is 0 Å². The summed E-state index contributed by atoms with van der Waals surface area (Å²) < 4.78 is 26.3. The number of hydrogen-bond acceptors (Lipinski definition) is 4. The van der Waals surface area contributed by atoms with Crippen molar-refractivity contribution in [3.8, 4) is 0 Å². The van der Waals surface area contributed by atoms with Crippen LogP contribution in [0.25, 0.3) is 0 Å². The Morgan fingerprint density at radius 2 is 1.85 bits per heavy atom. The van der Waals surface area contributed by atoms with Gasteiger partial charge >= 0.3 is 5.97 Å². The highest BCUT2D eigenvalue weighted by atomic mass is 32.2. The number of sulfonamides is 1. The molecule has 1 aliphatic rings. The second-order valence-corrected chi connectivity index (χ2v) is 7.05. The van der Waals surface area contributed by atoms with Gasteiger partial charge in [0.1, 0.15) is 0 Å². The number of carbonyl (C=O) groups is 1. The number of aliphatic hydroxyl groups is 1. The first-order valence-electron chi connectivity index (χ1n) is 6.26. The van der Waals surface area contributed by atoms with Crippen molar-refractivity contribution in [3.05, 3.63) is 35.4 Å². The minimum Gasteiger partial charge on any atom is -0.478 e. The molecule has 0 aliphatic heterocycles. The fraction of sp³-hybridized carbons (Fsp3) is 0.462. The summed E-state index contributed by atoms with van der Waals surface area (Å²) in [6.45, 7) is 0.238. The molecule has 0 amide bonds. The fourth-order valence-electron chi connectivity index (χ4n) is 1.84. The van der Waals surface area contributed by atoms with Crippen LogP contribution in [0.3, 0.4) is 0 Å². The molecule has 7 heteroatoms. The Kier molecular flexibility index (Phi) is 4.12. The molecule has 1 saturated carbocycles. The van der Waals surface area contributed by atoms with Crippen LogP contribution in [0.5, 0.6) is 0 Å². The van der Waals surface area contributed by atoms with Crippen LogP contribution in [-0.2, 0) is 15.8 Å². The third-order valence-corrected chi connectivity index (χ3v) is 4.81. The van der Waals surface area contributed by atoms with E-state index in [0.29, 0.717) is 5.56 Å². The first-order valence-corrected chi connectivity index (χ1v) is 7.92. The normalized spacial score (nSPS) is 16.9. The molecule has 6 nitrogen and oxygen atoms in total. The van der Waals surface area contributed by atoms with Crippen molar-refractivity contribution in [2.75, 3.05) is 13.2 Å². The zero-order valence-electron chi connectivity index (χ0n) is 10.9. The molecule has 3 N–H and O–H groups in total. The van der Waals surface area contributed by atoms with Crippen LogP contribution in [0.15, 0.2) is 24.3 Å². The number of hydrogen-bond donors (Lipinski definition) is 3. The van der Waals surface area contributed by atoms with E-state index in [0.717, 1.165) is 12.8 Å². The molecule has 20 heavy (non-hydrogen) atoms. The third-order valence-electron chi connectivity index (χ3n) is 3.52. The second-order valence-electron chi connectivity index (χ2n) is 5.24. The summed E-state index contributed by atoms with van der Waals surface area (Å²) in [7, 11) is -3.48. The molecule has 2 rings (SSSR count). The molecule has 110 valence electrons. The van der Waals surface area contributed by atoms with Crippen LogP contribution in [0.4, 0.5) is 0 Å². The summed E-state index contributed by atoms with van der Waals surface area (Å²) in [6, 6.07) is 5.73. The molecular weight excluding hydrogens is 282 g/mol. The van der Waals surface area contributed by atoms with E-state index in [1.54, 1.807) is 0 Å². The van der Waals surface area contributed by atoms with Crippen molar-refractivity contribution >= 4 is 16.0 Å². The van der Waals surface area contributed by atoms with Crippen LogP contribution < -0.4 is 4.72 Å². The van der Waals surface area contributed by atoms with Crippen LogP contribution >= 0.6 is 0 Å². The minimum atomic E-state index is -3.48. The summed E-state index contributed by atoms with van der Waals surface area (Å²) in [5.41, 5.74) is 0.368. The van der Waals surface area contributed by atoms with Gasteiger partial charge in [0.05, 0.1) is 11.3 Å². The Balaban J connectivity index is 1.95. The lowest BCUT2D eigenvalue weighted by Crippen LogP contribution is -2.32. The van der Waals surface area contributed by atoms with E-state index < -0.39 is 16.0 Å². The number of benzene rings is 1. The van der Waals surface area contributed by atoms with Crippen molar-refractivity contribution in [2.45, 2.75) is 18.6 Å². The minimum absolute atomic E-state index is 0.0111. The highest BCUT2D eigenvalue weighted by Crippen LogP contribution is 2.44. The monoisotopic (exact) mass is 299 g/mol. The Labute approximate surface area is 117 Å². The largest absolute Gasteiger partial charge is 0.478 e. The number of aromatic carboxylic acids is 1. The first kappa shape index (κ1) is 15.0. The molecule has 1 fully saturated rings. The molecule has 0 spiro atoms. The Morgan fingerprint density at radius 1 is 1.25 bits per heavy atom. The average molecular weight is 299 g/mol. The summed E-state index contributed by atoms with van der Waals surface area (Å²) in [5, 5.41) is 17.9. The van der Waals surface area contributed by atoms with E-state index >= 15 is 0 Å². The number of aliphatic hydroxyl groups excluding tert-OH is 1. The smallest absolute Gasteiger partial charge is 0.335 e. The van der Waals surface area contributed by atoms with E-state index in [1.165, 1.54) is 24.3 Å². The maximum Gasteiger partial charge on any atom is 0.335 e. The molecular formula is C13H17NO5S. The lowest BCUT2D eigenvalue weighted by molar-refractivity contribution is 0.0697. The highest BCUT2D eigenvalue weighted by Gasteiger charge is 2.42. The van der Waals surface area contributed by atoms with Crippen molar-refractivity contribution in [1.82, 2.24) is 4.72 Å². The Morgan fingerprint density at radius 3 is 2.30 bits per heavy atom. The predicted molar refractivity (Wildman–Crippen MR) is 72.8 cm³/mol. The molecule has 0 atom stereocenters. The number of carboxylic acids is 1. The topological polar surface area (TPSA) is 104 Å².